The van der Waals surface area contributed by atoms with E-state index in [1.807, 2.05) is 32.0 Å². The van der Waals surface area contributed by atoms with Gasteiger partial charge in [-0.3, -0.25) is 0 Å². The van der Waals surface area contributed by atoms with E-state index in [0.29, 0.717) is 34.6 Å². The zero-order valence-corrected chi connectivity index (χ0v) is 19.6. The molecule has 0 aromatic heterocycles. The Bertz CT molecular complexity index is 1060. The molecule has 0 fully saturated rings. The summed E-state index contributed by atoms with van der Waals surface area (Å²) in [5.41, 5.74) is 1.89. The molecule has 0 unspecified atom stereocenters. The minimum absolute atomic E-state index is 0.240. The molecule has 0 heterocycles. The van der Waals surface area contributed by atoms with Gasteiger partial charge in [-0.1, -0.05) is 50.2 Å². The summed E-state index contributed by atoms with van der Waals surface area (Å²) in [5.74, 6) is 0.176. The monoisotopic (exact) mass is 496 g/mol. The van der Waals surface area contributed by atoms with Crippen molar-refractivity contribution in [3.63, 3.8) is 0 Å². The molecule has 5 nitrogen and oxygen atoms in total. The Morgan fingerprint density at radius 3 is 2.34 bits per heavy atom. The Hall–Kier alpha value is -3.12. The molecule has 0 amide bonds. The van der Waals surface area contributed by atoms with E-state index in [1.54, 1.807) is 36.4 Å². The van der Waals surface area contributed by atoms with Gasteiger partial charge in [0, 0.05) is 6.42 Å². The van der Waals surface area contributed by atoms with Crippen molar-refractivity contribution in [3.8, 4) is 11.5 Å². The molecule has 3 rings (SSSR count). The second-order valence-electron chi connectivity index (χ2n) is 7.64. The number of carbonyl (C=O) groups is 2. The van der Waals surface area contributed by atoms with Crippen LogP contribution in [-0.4, -0.2) is 25.2 Å². The maximum Gasteiger partial charge on any atom is 0.343 e. The highest BCUT2D eigenvalue weighted by atomic mass is 79.9. The minimum Gasteiger partial charge on any atom is -0.492 e. The van der Waals surface area contributed by atoms with E-state index in [1.165, 1.54) is 11.6 Å². The van der Waals surface area contributed by atoms with Crippen LogP contribution in [0, 0.1) is 5.92 Å². The topological polar surface area (TPSA) is 61.8 Å². The summed E-state index contributed by atoms with van der Waals surface area (Å²) >= 11 is 3.45. The van der Waals surface area contributed by atoms with Crippen molar-refractivity contribution < 1.29 is 23.8 Å². The fourth-order valence-electron chi connectivity index (χ4n) is 2.85. The predicted octanol–water partition coefficient (Wildman–Crippen LogP) is 6.10. The average molecular weight is 497 g/mol. The number of esters is 2. The molecule has 0 aliphatic heterocycles. The molecule has 0 saturated carbocycles. The molecule has 0 spiro atoms. The lowest BCUT2D eigenvalue weighted by molar-refractivity contribution is 0.0457. The lowest BCUT2D eigenvalue weighted by atomic mass is 10.2. The fourth-order valence-corrected chi connectivity index (χ4v) is 3.34. The Morgan fingerprint density at radius 2 is 1.62 bits per heavy atom. The first-order valence-electron chi connectivity index (χ1n) is 10.4. The van der Waals surface area contributed by atoms with E-state index in [2.05, 4.69) is 28.1 Å². The Balaban J connectivity index is 1.59. The molecule has 0 N–H and O–H groups in total. The first-order chi connectivity index (χ1) is 15.4. The maximum absolute atomic E-state index is 12.6. The predicted molar refractivity (Wildman–Crippen MR) is 126 cm³/mol. The molecule has 6 heteroatoms. The normalized spacial score (nSPS) is 10.6. The lowest BCUT2D eigenvalue weighted by Crippen LogP contribution is -2.12. The van der Waals surface area contributed by atoms with Gasteiger partial charge in [0.1, 0.15) is 11.5 Å². The van der Waals surface area contributed by atoms with Crippen molar-refractivity contribution in [3.05, 3.63) is 94.0 Å². The van der Waals surface area contributed by atoms with Crippen molar-refractivity contribution in [1.29, 1.82) is 0 Å². The van der Waals surface area contributed by atoms with Crippen molar-refractivity contribution in [2.24, 2.45) is 5.92 Å². The number of benzene rings is 3. The zero-order chi connectivity index (χ0) is 22.9. The summed E-state index contributed by atoms with van der Waals surface area (Å²) in [6.45, 7) is 4.77. The third kappa shape index (κ3) is 6.95. The van der Waals surface area contributed by atoms with Gasteiger partial charge in [0.15, 0.2) is 0 Å². The molecule has 0 radical (unpaired) electrons. The van der Waals surface area contributed by atoms with Gasteiger partial charge in [0.05, 0.1) is 28.8 Å². The summed E-state index contributed by atoms with van der Waals surface area (Å²) in [6.07, 6.45) is 0.785. The number of ether oxygens (including phenoxy) is 3. The van der Waals surface area contributed by atoms with Crippen molar-refractivity contribution in [2.75, 3.05) is 13.2 Å². The molecule has 0 saturated heterocycles. The van der Waals surface area contributed by atoms with Crippen LogP contribution in [0.2, 0.25) is 0 Å². The highest BCUT2D eigenvalue weighted by Gasteiger charge is 2.14. The zero-order valence-electron chi connectivity index (χ0n) is 18.0. The molecule has 0 bridgehead atoms. The number of hydrogen-bond acceptors (Lipinski definition) is 5. The molecule has 166 valence electrons. The van der Waals surface area contributed by atoms with Crippen LogP contribution in [0.4, 0.5) is 0 Å². The van der Waals surface area contributed by atoms with Gasteiger partial charge in [-0.2, -0.15) is 0 Å². The standard InChI is InChI=1S/C26H25BrO5/c1-18(2)17-31-25(28)20-9-6-10-22(15-20)32-26(29)21-11-12-24(23(27)16-21)30-14-13-19-7-4-3-5-8-19/h3-12,15-16,18H,13-14,17H2,1-2H3. The van der Waals surface area contributed by atoms with E-state index in [-0.39, 0.29) is 11.7 Å². The van der Waals surface area contributed by atoms with Crippen LogP contribution in [-0.2, 0) is 11.2 Å². The Morgan fingerprint density at radius 1 is 0.875 bits per heavy atom. The lowest BCUT2D eigenvalue weighted by Gasteiger charge is -2.11. The van der Waals surface area contributed by atoms with Gasteiger partial charge in [-0.25, -0.2) is 9.59 Å². The molecular formula is C26H25BrO5. The number of carbonyl (C=O) groups excluding carboxylic acids is 2. The van der Waals surface area contributed by atoms with Crippen LogP contribution in [0.3, 0.4) is 0 Å². The van der Waals surface area contributed by atoms with E-state index in [4.69, 9.17) is 14.2 Å². The van der Waals surface area contributed by atoms with E-state index in [9.17, 15) is 9.59 Å². The molecule has 0 aliphatic carbocycles. The summed E-state index contributed by atoms with van der Waals surface area (Å²) in [7, 11) is 0. The molecule has 32 heavy (non-hydrogen) atoms. The van der Waals surface area contributed by atoms with Crippen molar-refractivity contribution in [1.82, 2.24) is 0 Å². The third-order valence-corrected chi connectivity index (χ3v) is 5.11. The van der Waals surface area contributed by atoms with Gasteiger partial charge in [0.25, 0.3) is 0 Å². The van der Waals surface area contributed by atoms with Crippen molar-refractivity contribution in [2.45, 2.75) is 20.3 Å². The van der Waals surface area contributed by atoms with Crippen LogP contribution >= 0.6 is 15.9 Å². The largest absolute Gasteiger partial charge is 0.492 e. The van der Waals surface area contributed by atoms with Gasteiger partial charge in [0.2, 0.25) is 0 Å². The summed E-state index contributed by atoms with van der Waals surface area (Å²) in [6, 6.07) is 21.5. The van der Waals surface area contributed by atoms with Crippen LogP contribution in [0.15, 0.2) is 77.3 Å². The Labute approximate surface area is 196 Å². The summed E-state index contributed by atoms with van der Waals surface area (Å²) in [5, 5.41) is 0. The number of hydrogen-bond donors (Lipinski definition) is 0. The smallest absolute Gasteiger partial charge is 0.343 e. The average Bonchev–Trinajstić information content (AvgIpc) is 2.79. The van der Waals surface area contributed by atoms with Gasteiger partial charge in [-0.15, -0.1) is 0 Å². The fraction of sp³-hybridized carbons (Fsp3) is 0.231. The summed E-state index contributed by atoms with van der Waals surface area (Å²) in [4.78, 5) is 24.7. The van der Waals surface area contributed by atoms with Gasteiger partial charge >= 0.3 is 11.9 Å². The van der Waals surface area contributed by atoms with E-state index in [0.717, 1.165) is 6.42 Å². The van der Waals surface area contributed by atoms with E-state index < -0.39 is 11.9 Å². The van der Waals surface area contributed by atoms with Crippen LogP contribution in [0.25, 0.3) is 0 Å². The second kappa shape index (κ2) is 11.5. The van der Waals surface area contributed by atoms with Crippen LogP contribution in [0.5, 0.6) is 11.5 Å². The van der Waals surface area contributed by atoms with Crippen LogP contribution in [0.1, 0.15) is 40.1 Å². The Kier molecular flexibility index (Phi) is 8.45. The minimum atomic E-state index is -0.533. The first kappa shape index (κ1) is 23.5. The molecular weight excluding hydrogens is 472 g/mol. The molecule has 0 atom stereocenters. The highest BCUT2D eigenvalue weighted by molar-refractivity contribution is 9.10. The highest BCUT2D eigenvalue weighted by Crippen LogP contribution is 2.27. The number of halogens is 1. The quantitative estimate of drug-likeness (QED) is 0.264. The number of rotatable bonds is 9. The molecule has 3 aromatic carbocycles. The van der Waals surface area contributed by atoms with Gasteiger partial charge in [-0.05, 0) is 63.8 Å². The van der Waals surface area contributed by atoms with Gasteiger partial charge < -0.3 is 14.2 Å². The second-order valence-corrected chi connectivity index (χ2v) is 8.49. The maximum atomic E-state index is 12.6. The molecule has 0 aliphatic rings. The van der Waals surface area contributed by atoms with E-state index >= 15 is 0 Å². The van der Waals surface area contributed by atoms with Crippen LogP contribution < -0.4 is 9.47 Å². The third-order valence-electron chi connectivity index (χ3n) is 4.49. The summed E-state index contributed by atoms with van der Waals surface area (Å²) < 4.78 is 17.1. The molecule has 3 aromatic rings. The SMILES string of the molecule is CC(C)COC(=O)c1cccc(OC(=O)c2ccc(OCCc3ccccc3)c(Br)c2)c1. The van der Waals surface area contributed by atoms with Crippen molar-refractivity contribution >= 4 is 27.9 Å². The first-order valence-corrected chi connectivity index (χ1v) is 11.2.